The Morgan fingerprint density at radius 1 is 1.14 bits per heavy atom. The molecule has 3 unspecified atom stereocenters. The van der Waals surface area contributed by atoms with Crippen LogP contribution in [-0.4, -0.2) is 13.2 Å². The molecule has 1 heteroatoms. The van der Waals surface area contributed by atoms with E-state index in [-0.39, 0.29) is 0 Å². The summed E-state index contributed by atoms with van der Waals surface area (Å²) in [5.41, 5.74) is 0. The van der Waals surface area contributed by atoms with Crippen LogP contribution in [0.15, 0.2) is 0 Å². The zero-order valence-corrected chi connectivity index (χ0v) is 9.67. The van der Waals surface area contributed by atoms with E-state index in [1.807, 2.05) is 0 Å². The zero-order chi connectivity index (χ0) is 9.97. The Bertz CT molecular complexity index is 172. The fourth-order valence-corrected chi connectivity index (χ4v) is 3.39. The molecule has 1 aliphatic carbocycles. The molecule has 1 aliphatic heterocycles. The van der Waals surface area contributed by atoms with Crippen molar-refractivity contribution in [1.82, 2.24) is 0 Å². The van der Waals surface area contributed by atoms with Gasteiger partial charge in [0.1, 0.15) is 0 Å². The van der Waals surface area contributed by atoms with Gasteiger partial charge in [-0.1, -0.05) is 26.7 Å². The van der Waals surface area contributed by atoms with E-state index in [1.54, 1.807) is 0 Å². The third kappa shape index (κ3) is 2.31. The van der Waals surface area contributed by atoms with Crippen LogP contribution in [0.25, 0.3) is 0 Å². The van der Waals surface area contributed by atoms with Crippen LogP contribution in [0.2, 0.25) is 0 Å². The Kier molecular flexibility index (Phi) is 3.48. The summed E-state index contributed by atoms with van der Waals surface area (Å²) >= 11 is 0. The normalized spacial score (nSPS) is 39.2. The lowest BCUT2D eigenvalue weighted by atomic mass is 9.76. The van der Waals surface area contributed by atoms with Gasteiger partial charge in [-0.05, 0) is 42.9 Å². The van der Waals surface area contributed by atoms with E-state index in [9.17, 15) is 0 Å². The molecule has 2 fully saturated rings. The summed E-state index contributed by atoms with van der Waals surface area (Å²) in [4.78, 5) is 0. The molecule has 0 aromatic heterocycles. The van der Waals surface area contributed by atoms with Gasteiger partial charge in [0.05, 0.1) is 0 Å². The first-order valence-corrected chi connectivity index (χ1v) is 6.35. The second kappa shape index (κ2) is 4.65. The van der Waals surface area contributed by atoms with E-state index >= 15 is 0 Å². The van der Waals surface area contributed by atoms with Crippen molar-refractivity contribution in [3.8, 4) is 0 Å². The second-order valence-electron chi connectivity index (χ2n) is 5.56. The first kappa shape index (κ1) is 10.5. The minimum absolute atomic E-state index is 0.868. The third-order valence-electron chi connectivity index (χ3n) is 4.24. The van der Waals surface area contributed by atoms with E-state index in [0.717, 1.165) is 36.9 Å². The molecule has 0 spiro atoms. The first-order valence-electron chi connectivity index (χ1n) is 6.35. The molecule has 0 aromatic rings. The Balaban J connectivity index is 2.08. The lowest BCUT2D eigenvalue weighted by molar-refractivity contribution is 0.0436. The van der Waals surface area contributed by atoms with Crippen LogP contribution in [-0.2, 0) is 4.74 Å². The summed E-state index contributed by atoms with van der Waals surface area (Å²) in [5.74, 6) is 3.68. The predicted octanol–water partition coefficient (Wildman–Crippen LogP) is 3.49. The van der Waals surface area contributed by atoms with Gasteiger partial charge in [-0.15, -0.1) is 0 Å². The van der Waals surface area contributed by atoms with Crippen molar-refractivity contribution in [1.29, 1.82) is 0 Å². The summed E-state index contributed by atoms with van der Waals surface area (Å²) < 4.78 is 5.72. The molecule has 82 valence electrons. The molecular weight excluding hydrogens is 172 g/mol. The van der Waals surface area contributed by atoms with Crippen LogP contribution in [0.4, 0.5) is 0 Å². The smallest absolute Gasteiger partial charge is 0.0494 e. The maximum Gasteiger partial charge on any atom is 0.0494 e. The Hall–Kier alpha value is -0.0400. The second-order valence-corrected chi connectivity index (χ2v) is 5.56. The van der Waals surface area contributed by atoms with Crippen molar-refractivity contribution in [3.05, 3.63) is 0 Å². The van der Waals surface area contributed by atoms with Crippen LogP contribution in [0, 0.1) is 23.7 Å². The molecule has 0 aromatic carbocycles. The molecule has 14 heavy (non-hydrogen) atoms. The van der Waals surface area contributed by atoms with E-state index in [4.69, 9.17) is 4.74 Å². The van der Waals surface area contributed by atoms with Crippen molar-refractivity contribution in [3.63, 3.8) is 0 Å². The van der Waals surface area contributed by atoms with Crippen LogP contribution >= 0.6 is 0 Å². The molecule has 0 amide bonds. The minimum atomic E-state index is 0.868. The Labute approximate surface area is 88.2 Å². The number of rotatable bonds is 1. The van der Waals surface area contributed by atoms with Crippen LogP contribution in [0.3, 0.4) is 0 Å². The number of ether oxygens (including phenoxy) is 1. The van der Waals surface area contributed by atoms with Crippen molar-refractivity contribution in [2.45, 2.75) is 46.0 Å². The van der Waals surface area contributed by atoms with Gasteiger partial charge in [-0.2, -0.15) is 0 Å². The van der Waals surface area contributed by atoms with Gasteiger partial charge in [0, 0.05) is 13.2 Å². The van der Waals surface area contributed by atoms with Crippen LogP contribution in [0.1, 0.15) is 46.0 Å². The predicted molar refractivity (Wildman–Crippen MR) is 59.2 cm³/mol. The van der Waals surface area contributed by atoms with Gasteiger partial charge in [-0.3, -0.25) is 0 Å². The maximum atomic E-state index is 5.72. The molecule has 0 radical (unpaired) electrons. The quantitative estimate of drug-likeness (QED) is 0.624. The molecular formula is C13H24O. The topological polar surface area (TPSA) is 9.23 Å². The van der Waals surface area contributed by atoms with Gasteiger partial charge in [0.25, 0.3) is 0 Å². The van der Waals surface area contributed by atoms with Gasteiger partial charge in [0.2, 0.25) is 0 Å². The summed E-state index contributed by atoms with van der Waals surface area (Å²) in [7, 11) is 0. The number of hydrogen-bond donors (Lipinski definition) is 0. The van der Waals surface area contributed by atoms with Crippen LogP contribution in [0.5, 0.6) is 0 Å². The van der Waals surface area contributed by atoms with Gasteiger partial charge in [0.15, 0.2) is 0 Å². The summed E-state index contributed by atoms with van der Waals surface area (Å²) in [6, 6.07) is 0. The van der Waals surface area contributed by atoms with Crippen molar-refractivity contribution in [2.24, 2.45) is 23.7 Å². The van der Waals surface area contributed by atoms with Gasteiger partial charge < -0.3 is 4.74 Å². The van der Waals surface area contributed by atoms with Gasteiger partial charge >= 0.3 is 0 Å². The van der Waals surface area contributed by atoms with E-state index in [1.165, 1.54) is 32.1 Å². The molecule has 2 bridgehead atoms. The molecule has 1 heterocycles. The largest absolute Gasteiger partial charge is 0.381 e. The highest BCUT2D eigenvalue weighted by molar-refractivity contribution is 4.81. The molecule has 0 N–H and O–H groups in total. The van der Waals surface area contributed by atoms with Crippen molar-refractivity contribution >= 4 is 0 Å². The fourth-order valence-electron chi connectivity index (χ4n) is 3.39. The Morgan fingerprint density at radius 2 is 2.00 bits per heavy atom. The number of hydrogen-bond acceptors (Lipinski definition) is 1. The third-order valence-corrected chi connectivity index (χ3v) is 4.24. The average Bonchev–Trinajstić information content (AvgIpc) is 2.23. The van der Waals surface area contributed by atoms with Gasteiger partial charge in [-0.25, -0.2) is 0 Å². The molecule has 1 saturated carbocycles. The molecule has 1 nitrogen and oxygen atoms in total. The highest BCUT2D eigenvalue weighted by Crippen LogP contribution is 2.39. The average molecular weight is 196 g/mol. The fraction of sp³-hybridized carbons (Fsp3) is 1.00. The summed E-state index contributed by atoms with van der Waals surface area (Å²) in [6.45, 7) is 6.87. The summed E-state index contributed by atoms with van der Waals surface area (Å²) in [5, 5.41) is 0. The first-order chi connectivity index (χ1) is 6.77. The van der Waals surface area contributed by atoms with E-state index < -0.39 is 0 Å². The molecule has 3 atom stereocenters. The molecule has 2 rings (SSSR count). The minimum Gasteiger partial charge on any atom is -0.381 e. The Morgan fingerprint density at radius 3 is 2.79 bits per heavy atom. The van der Waals surface area contributed by atoms with Crippen molar-refractivity contribution in [2.75, 3.05) is 13.2 Å². The van der Waals surface area contributed by atoms with E-state index in [0.29, 0.717) is 0 Å². The standard InChI is InChI=1S/C13H24O/c1-10(2)13-8-11-4-3-5-12(13)6-7-14-9-11/h10-13H,3-9H2,1-2H3. The molecule has 1 saturated heterocycles. The van der Waals surface area contributed by atoms with Crippen LogP contribution < -0.4 is 0 Å². The highest BCUT2D eigenvalue weighted by atomic mass is 16.5. The maximum absolute atomic E-state index is 5.72. The SMILES string of the molecule is CC(C)C1CC2CCCC1CCOC2. The van der Waals surface area contributed by atoms with Crippen molar-refractivity contribution < 1.29 is 4.74 Å². The summed E-state index contributed by atoms with van der Waals surface area (Å²) in [6.07, 6.45) is 7.07. The zero-order valence-electron chi connectivity index (χ0n) is 9.67. The number of fused-ring (bicyclic) bond motifs is 3. The lowest BCUT2D eigenvalue weighted by Crippen LogP contribution is -2.26. The van der Waals surface area contributed by atoms with E-state index in [2.05, 4.69) is 13.8 Å². The monoisotopic (exact) mass is 196 g/mol. The highest BCUT2D eigenvalue weighted by Gasteiger charge is 2.31. The molecule has 2 aliphatic rings. The lowest BCUT2D eigenvalue weighted by Gasteiger charge is -2.32.